The lowest BCUT2D eigenvalue weighted by Crippen LogP contribution is -2.24. The predicted octanol–water partition coefficient (Wildman–Crippen LogP) is 4.64. The van der Waals surface area contributed by atoms with Gasteiger partial charge in [-0.2, -0.15) is 5.10 Å². The third-order valence-corrected chi connectivity index (χ3v) is 6.03. The van der Waals surface area contributed by atoms with Crippen molar-refractivity contribution in [2.24, 2.45) is 0 Å². The summed E-state index contributed by atoms with van der Waals surface area (Å²) in [5.41, 5.74) is 1.21. The van der Waals surface area contributed by atoms with E-state index in [1.165, 1.54) is 20.0 Å². The molecule has 0 radical (unpaired) electrons. The maximum absolute atomic E-state index is 4.44. The van der Waals surface area contributed by atoms with Crippen molar-refractivity contribution in [3.8, 4) is 0 Å². The Hall–Kier alpha value is -0.690. The van der Waals surface area contributed by atoms with Gasteiger partial charge in [0.2, 0.25) is 0 Å². The first-order chi connectivity index (χ1) is 9.74. The van der Waals surface area contributed by atoms with E-state index >= 15 is 0 Å². The highest BCUT2D eigenvalue weighted by atomic mass is 79.9. The van der Waals surface area contributed by atoms with Crippen LogP contribution >= 0.6 is 38.6 Å². The van der Waals surface area contributed by atoms with Crippen LogP contribution in [0.4, 0.5) is 0 Å². The van der Waals surface area contributed by atoms with Crippen molar-refractivity contribution in [1.29, 1.82) is 0 Å². The maximum Gasteiger partial charge on any atom is 0.0854 e. The normalized spacial score (nSPS) is 13.2. The molecule has 0 amide bonds. The second kappa shape index (κ2) is 5.97. The minimum Gasteiger partial charge on any atom is -0.305 e. The lowest BCUT2D eigenvalue weighted by molar-refractivity contribution is 0.546. The summed E-state index contributed by atoms with van der Waals surface area (Å²) < 4.78 is 5.87. The minimum atomic E-state index is 0.196. The molecule has 0 saturated carbocycles. The molecule has 3 nitrogen and oxygen atoms in total. The molecule has 0 aliphatic rings. The molecule has 0 fully saturated rings. The Morgan fingerprint density at radius 1 is 1.40 bits per heavy atom. The molecule has 0 aliphatic heterocycles. The van der Waals surface area contributed by atoms with Gasteiger partial charge >= 0.3 is 0 Å². The fourth-order valence-corrected chi connectivity index (χ4v) is 5.10. The highest BCUT2D eigenvalue weighted by Crippen LogP contribution is 2.37. The Balaban J connectivity index is 2.08. The number of halogens is 1. The molecule has 0 spiro atoms. The van der Waals surface area contributed by atoms with E-state index in [0.717, 1.165) is 17.6 Å². The average Bonchev–Trinajstić information content (AvgIpc) is 3.10. The van der Waals surface area contributed by atoms with Crippen molar-refractivity contribution in [2.75, 3.05) is 6.54 Å². The van der Waals surface area contributed by atoms with Crippen molar-refractivity contribution >= 4 is 48.0 Å². The number of aromatic nitrogens is 2. The molecule has 3 aromatic rings. The summed E-state index contributed by atoms with van der Waals surface area (Å²) >= 11 is 7.31. The van der Waals surface area contributed by atoms with Crippen molar-refractivity contribution in [2.45, 2.75) is 26.4 Å². The molecule has 1 atom stereocenters. The molecule has 0 aromatic carbocycles. The van der Waals surface area contributed by atoms with Crippen molar-refractivity contribution in [3.05, 3.63) is 38.8 Å². The van der Waals surface area contributed by atoms with Gasteiger partial charge in [0.05, 0.1) is 22.4 Å². The van der Waals surface area contributed by atoms with Crippen LogP contribution in [-0.4, -0.2) is 16.3 Å². The van der Waals surface area contributed by atoms with Gasteiger partial charge in [0.15, 0.2) is 0 Å². The largest absolute Gasteiger partial charge is 0.305 e. The standard InChI is InChI=1S/C14H16BrN3S2/c1-3-16-13(14-9(15)8-17-18(14)4-2)12-7-11-10(20-12)5-6-19-11/h5-8,13,16H,3-4H2,1-2H3. The third kappa shape index (κ3) is 2.45. The molecule has 106 valence electrons. The number of thiophene rings is 2. The monoisotopic (exact) mass is 369 g/mol. The Labute approximate surface area is 134 Å². The van der Waals surface area contributed by atoms with Gasteiger partial charge in [0.1, 0.15) is 0 Å². The van der Waals surface area contributed by atoms with Crippen LogP contribution < -0.4 is 5.32 Å². The molecular formula is C14H16BrN3S2. The van der Waals surface area contributed by atoms with E-state index in [-0.39, 0.29) is 6.04 Å². The molecule has 1 N–H and O–H groups in total. The fraction of sp³-hybridized carbons (Fsp3) is 0.357. The zero-order valence-corrected chi connectivity index (χ0v) is 14.6. The Bertz CT molecular complexity index is 684. The van der Waals surface area contributed by atoms with Gasteiger partial charge in [-0.15, -0.1) is 22.7 Å². The number of aryl methyl sites for hydroxylation is 1. The number of nitrogens with zero attached hydrogens (tertiary/aromatic N) is 2. The van der Waals surface area contributed by atoms with Crippen LogP contribution in [-0.2, 0) is 6.54 Å². The third-order valence-electron chi connectivity index (χ3n) is 3.26. The van der Waals surface area contributed by atoms with Crippen LogP contribution in [0.25, 0.3) is 9.40 Å². The summed E-state index contributed by atoms with van der Waals surface area (Å²) in [6.45, 7) is 6.07. The number of fused-ring (bicyclic) bond motifs is 1. The van der Waals surface area contributed by atoms with Crippen LogP contribution in [0.3, 0.4) is 0 Å². The van der Waals surface area contributed by atoms with Gasteiger partial charge in [0, 0.05) is 20.8 Å². The summed E-state index contributed by atoms with van der Waals surface area (Å²) in [7, 11) is 0. The van der Waals surface area contributed by atoms with Crippen molar-refractivity contribution in [3.63, 3.8) is 0 Å². The molecule has 1 unspecified atom stereocenters. The summed E-state index contributed by atoms with van der Waals surface area (Å²) in [5.74, 6) is 0. The van der Waals surface area contributed by atoms with E-state index in [1.54, 1.807) is 11.3 Å². The quantitative estimate of drug-likeness (QED) is 0.709. The molecule has 0 bridgehead atoms. The Morgan fingerprint density at radius 2 is 2.25 bits per heavy atom. The second-order valence-corrected chi connectivity index (χ2v) is 7.40. The van der Waals surface area contributed by atoms with E-state index in [9.17, 15) is 0 Å². The van der Waals surface area contributed by atoms with Gasteiger partial charge in [-0.3, -0.25) is 4.68 Å². The molecule has 0 saturated heterocycles. The smallest absolute Gasteiger partial charge is 0.0854 e. The van der Waals surface area contributed by atoms with Crippen LogP contribution in [0.2, 0.25) is 0 Å². The highest BCUT2D eigenvalue weighted by Gasteiger charge is 2.22. The Morgan fingerprint density at radius 3 is 2.95 bits per heavy atom. The molecule has 20 heavy (non-hydrogen) atoms. The van der Waals surface area contributed by atoms with E-state index in [1.807, 2.05) is 17.5 Å². The molecule has 3 aromatic heterocycles. The minimum absolute atomic E-state index is 0.196. The Kier molecular flexibility index (Phi) is 4.26. The topological polar surface area (TPSA) is 29.9 Å². The number of rotatable bonds is 5. The van der Waals surface area contributed by atoms with Crippen LogP contribution in [0.5, 0.6) is 0 Å². The van der Waals surface area contributed by atoms with Gasteiger partial charge in [-0.05, 0) is 46.9 Å². The van der Waals surface area contributed by atoms with Crippen LogP contribution in [0.15, 0.2) is 28.2 Å². The van der Waals surface area contributed by atoms with E-state index in [0.29, 0.717) is 0 Å². The van der Waals surface area contributed by atoms with Crippen molar-refractivity contribution < 1.29 is 0 Å². The molecule has 3 heterocycles. The highest BCUT2D eigenvalue weighted by molar-refractivity contribution is 9.10. The van der Waals surface area contributed by atoms with E-state index in [2.05, 4.69) is 62.4 Å². The summed E-state index contributed by atoms with van der Waals surface area (Å²) in [4.78, 5) is 1.35. The molecule has 6 heteroatoms. The predicted molar refractivity (Wildman–Crippen MR) is 90.8 cm³/mol. The number of hydrogen-bond acceptors (Lipinski definition) is 4. The summed E-state index contributed by atoms with van der Waals surface area (Å²) in [5, 5.41) is 10.2. The van der Waals surface area contributed by atoms with Gasteiger partial charge < -0.3 is 5.32 Å². The van der Waals surface area contributed by atoms with Gasteiger partial charge in [-0.1, -0.05) is 6.92 Å². The first-order valence-electron chi connectivity index (χ1n) is 6.66. The molecule has 3 rings (SSSR count). The maximum atomic E-state index is 4.44. The van der Waals surface area contributed by atoms with E-state index in [4.69, 9.17) is 0 Å². The zero-order valence-electron chi connectivity index (χ0n) is 11.4. The average molecular weight is 370 g/mol. The van der Waals surface area contributed by atoms with Gasteiger partial charge in [0.25, 0.3) is 0 Å². The van der Waals surface area contributed by atoms with Crippen LogP contribution in [0.1, 0.15) is 30.5 Å². The summed E-state index contributed by atoms with van der Waals surface area (Å²) in [6, 6.07) is 4.70. The molecule has 0 aliphatic carbocycles. The van der Waals surface area contributed by atoms with Crippen LogP contribution in [0, 0.1) is 0 Å². The lowest BCUT2D eigenvalue weighted by Gasteiger charge is -2.18. The number of hydrogen-bond donors (Lipinski definition) is 1. The molecular weight excluding hydrogens is 354 g/mol. The fourth-order valence-electron chi connectivity index (χ4n) is 2.37. The SMILES string of the molecule is CCNC(c1cc2sccc2s1)c1c(Br)cnn1CC. The zero-order chi connectivity index (χ0) is 14.1. The van der Waals surface area contributed by atoms with Gasteiger partial charge in [-0.25, -0.2) is 0 Å². The first-order valence-corrected chi connectivity index (χ1v) is 9.15. The van der Waals surface area contributed by atoms with Crippen molar-refractivity contribution in [1.82, 2.24) is 15.1 Å². The number of nitrogens with one attached hydrogen (secondary N) is 1. The van der Waals surface area contributed by atoms with E-state index < -0.39 is 0 Å². The lowest BCUT2D eigenvalue weighted by atomic mass is 10.1. The first kappa shape index (κ1) is 14.3. The second-order valence-electron chi connectivity index (χ2n) is 4.48. The summed E-state index contributed by atoms with van der Waals surface area (Å²) in [6.07, 6.45) is 1.89.